The average molecular weight is 156 g/mol. The molecule has 0 amide bonds. The molecule has 0 radical (unpaired) electrons. The van der Waals surface area contributed by atoms with E-state index in [4.69, 9.17) is 10.6 Å². The lowest BCUT2D eigenvalue weighted by Gasteiger charge is -1.99. The zero-order valence-electron chi connectivity index (χ0n) is 5.88. The summed E-state index contributed by atoms with van der Waals surface area (Å²) in [5.41, 5.74) is 0. The molecule has 3 heteroatoms. The van der Waals surface area contributed by atoms with Gasteiger partial charge in [0.25, 0.3) is 0 Å². The van der Waals surface area contributed by atoms with Gasteiger partial charge in [-0.15, -0.1) is 6.42 Å². The molecule has 2 unspecified atom stereocenters. The van der Waals surface area contributed by atoms with Gasteiger partial charge in [-0.3, -0.25) is 4.18 Å². The van der Waals surface area contributed by atoms with Crippen LogP contribution in [-0.2, 0) is 15.3 Å². The van der Waals surface area contributed by atoms with Crippen molar-refractivity contribution < 1.29 is 8.39 Å². The minimum atomic E-state index is -1.27. The van der Waals surface area contributed by atoms with E-state index < -0.39 is 11.1 Å². The molecule has 0 aromatic heterocycles. The molecule has 0 spiro atoms. The summed E-state index contributed by atoms with van der Waals surface area (Å²) in [5, 5.41) is 0. The summed E-state index contributed by atoms with van der Waals surface area (Å²) >= 11 is -1.27. The Bertz CT molecular complexity index is 216. The van der Waals surface area contributed by atoms with Gasteiger partial charge in [-0.1, -0.05) is 5.92 Å². The van der Waals surface area contributed by atoms with Gasteiger partial charge in [0.2, 0.25) is 0 Å². The Kier molecular flexibility index (Phi) is 4.66. The first-order chi connectivity index (χ1) is 4.66. The maximum atomic E-state index is 10.4. The average Bonchev–Trinajstić information content (AvgIpc) is 1.82. The molecule has 0 aliphatic rings. The summed E-state index contributed by atoms with van der Waals surface area (Å²) in [6, 6.07) is 0. The predicted molar refractivity (Wildman–Crippen MR) is 41.2 cm³/mol. The van der Waals surface area contributed by atoms with E-state index in [1.807, 2.05) is 0 Å². The van der Waals surface area contributed by atoms with E-state index in [1.165, 1.54) is 6.26 Å². The summed E-state index contributed by atoms with van der Waals surface area (Å²) < 4.78 is 15.1. The zero-order valence-corrected chi connectivity index (χ0v) is 6.70. The van der Waals surface area contributed by atoms with E-state index in [1.54, 1.807) is 6.92 Å². The molecule has 2 atom stereocenters. The van der Waals surface area contributed by atoms with Crippen molar-refractivity contribution in [2.24, 2.45) is 0 Å². The Hall–Kier alpha value is -0.770. The van der Waals surface area contributed by atoms with Crippen LogP contribution in [0, 0.1) is 24.2 Å². The van der Waals surface area contributed by atoms with Crippen molar-refractivity contribution in [2.45, 2.75) is 13.0 Å². The monoisotopic (exact) mass is 156 g/mol. The van der Waals surface area contributed by atoms with E-state index in [0.717, 1.165) is 0 Å². The van der Waals surface area contributed by atoms with Gasteiger partial charge >= 0.3 is 0 Å². The summed E-state index contributed by atoms with van der Waals surface area (Å²) in [5.74, 6) is 7.07. The van der Waals surface area contributed by atoms with Crippen LogP contribution in [0.15, 0.2) is 0 Å². The first-order valence-electron chi connectivity index (χ1n) is 2.63. The lowest BCUT2D eigenvalue weighted by atomic mass is 10.4. The van der Waals surface area contributed by atoms with Crippen LogP contribution in [0.2, 0.25) is 0 Å². The number of hydrogen-bond acceptors (Lipinski definition) is 2. The fraction of sp³-hybridized carbons (Fsp3) is 0.429. The standard InChI is InChI=1S/C7H8O2S/c1-4-5-6-7(2)9-10(3)8/h1,7H,2-3H3. The van der Waals surface area contributed by atoms with Crippen LogP contribution in [0.3, 0.4) is 0 Å². The van der Waals surface area contributed by atoms with E-state index in [0.29, 0.717) is 0 Å². The van der Waals surface area contributed by atoms with Crippen molar-refractivity contribution in [1.29, 1.82) is 0 Å². The molecule has 0 aromatic carbocycles. The maximum Gasteiger partial charge on any atom is 0.153 e. The quantitative estimate of drug-likeness (QED) is 0.538. The van der Waals surface area contributed by atoms with Gasteiger partial charge < -0.3 is 0 Å². The lowest BCUT2D eigenvalue weighted by molar-refractivity contribution is 0.311. The second-order valence-corrected chi connectivity index (χ2v) is 2.55. The van der Waals surface area contributed by atoms with Gasteiger partial charge in [-0.05, 0) is 18.8 Å². The number of terminal acetylenes is 1. The first kappa shape index (κ1) is 9.23. The highest BCUT2D eigenvalue weighted by molar-refractivity contribution is 7.79. The molecule has 10 heavy (non-hydrogen) atoms. The van der Waals surface area contributed by atoms with Crippen molar-refractivity contribution in [3.63, 3.8) is 0 Å². The third-order valence-corrected chi connectivity index (χ3v) is 1.19. The van der Waals surface area contributed by atoms with Crippen LogP contribution in [0.4, 0.5) is 0 Å². The SMILES string of the molecule is C#CC#CC(C)OS(C)=O. The topological polar surface area (TPSA) is 26.3 Å². The molecule has 0 aliphatic heterocycles. The van der Waals surface area contributed by atoms with E-state index >= 15 is 0 Å². The molecule has 0 saturated heterocycles. The molecule has 0 bridgehead atoms. The van der Waals surface area contributed by atoms with Crippen LogP contribution in [-0.4, -0.2) is 16.6 Å². The predicted octanol–water partition coefficient (Wildman–Crippen LogP) is 0.322. The normalized spacial score (nSPS) is 14.1. The van der Waals surface area contributed by atoms with Crippen molar-refractivity contribution in [3.8, 4) is 24.2 Å². The van der Waals surface area contributed by atoms with Crippen molar-refractivity contribution in [2.75, 3.05) is 6.26 Å². The second kappa shape index (κ2) is 5.05. The summed E-state index contributed by atoms with van der Waals surface area (Å²) in [7, 11) is 0. The van der Waals surface area contributed by atoms with Crippen LogP contribution >= 0.6 is 0 Å². The molecule has 2 nitrogen and oxygen atoms in total. The third-order valence-electron chi connectivity index (χ3n) is 0.627. The summed E-state index contributed by atoms with van der Waals surface area (Å²) in [6.07, 6.45) is 5.93. The highest BCUT2D eigenvalue weighted by atomic mass is 32.2. The van der Waals surface area contributed by atoms with E-state index in [-0.39, 0.29) is 6.10 Å². The largest absolute Gasteiger partial charge is 0.275 e. The van der Waals surface area contributed by atoms with Crippen molar-refractivity contribution in [3.05, 3.63) is 0 Å². The molecular weight excluding hydrogens is 148 g/mol. The Labute approximate surface area is 63.6 Å². The Balaban J connectivity index is 3.77. The minimum absolute atomic E-state index is 0.359. The van der Waals surface area contributed by atoms with Crippen LogP contribution in [0.5, 0.6) is 0 Å². The third kappa shape index (κ3) is 5.37. The molecule has 0 aromatic rings. The van der Waals surface area contributed by atoms with Crippen LogP contribution in [0.1, 0.15) is 6.92 Å². The second-order valence-electron chi connectivity index (χ2n) is 1.55. The maximum absolute atomic E-state index is 10.4. The van der Waals surface area contributed by atoms with Gasteiger partial charge in [-0.25, -0.2) is 4.21 Å². The van der Waals surface area contributed by atoms with Gasteiger partial charge in [0.1, 0.15) is 6.10 Å². The van der Waals surface area contributed by atoms with Gasteiger partial charge in [-0.2, -0.15) is 0 Å². The van der Waals surface area contributed by atoms with Gasteiger partial charge in [0.05, 0.1) is 0 Å². The molecule has 0 aliphatic carbocycles. The molecule has 0 rings (SSSR count). The minimum Gasteiger partial charge on any atom is -0.275 e. The van der Waals surface area contributed by atoms with E-state index in [2.05, 4.69) is 17.8 Å². The van der Waals surface area contributed by atoms with Crippen molar-refractivity contribution >= 4 is 11.1 Å². The Morgan fingerprint density at radius 1 is 1.70 bits per heavy atom. The van der Waals surface area contributed by atoms with E-state index in [9.17, 15) is 4.21 Å². The van der Waals surface area contributed by atoms with Gasteiger partial charge in [0.15, 0.2) is 11.1 Å². The van der Waals surface area contributed by atoms with Gasteiger partial charge in [0, 0.05) is 6.26 Å². The lowest BCUT2D eigenvalue weighted by Crippen LogP contribution is -2.06. The number of rotatable bonds is 2. The highest BCUT2D eigenvalue weighted by Crippen LogP contribution is 1.89. The fourth-order valence-electron chi connectivity index (χ4n) is 0.371. The Morgan fingerprint density at radius 2 is 2.30 bits per heavy atom. The summed E-state index contributed by atoms with van der Waals surface area (Å²) in [4.78, 5) is 0. The molecule has 0 fully saturated rings. The Morgan fingerprint density at radius 3 is 2.70 bits per heavy atom. The fourth-order valence-corrected chi connectivity index (χ4v) is 0.825. The molecule has 0 saturated carbocycles. The highest BCUT2D eigenvalue weighted by Gasteiger charge is 1.97. The van der Waals surface area contributed by atoms with Crippen molar-refractivity contribution in [1.82, 2.24) is 0 Å². The smallest absolute Gasteiger partial charge is 0.153 e. The molecule has 0 heterocycles. The van der Waals surface area contributed by atoms with Crippen LogP contribution < -0.4 is 0 Å². The van der Waals surface area contributed by atoms with Crippen LogP contribution in [0.25, 0.3) is 0 Å². The number of hydrogen-bond donors (Lipinski definition) is 0. The zero-order chi connectivity index (χ0) is 7.98. The molecular formula is C7H8O2S. The molecule has 0 N–H and O–H groups in total. The summed E-state index contributed by atoms with van der Waals surface area (Å²) in [6.45, 7) is 1.69. The molecule has 54 valence electrons. The first-order valence-corrected chi connectivity index (χ1v) is 4.12.